The number of hydrogen-bond donors (Lipinski definition) is 1. The zero-order chi connectivity index (χ0) is 10.9. The van der Waals surface area contributed by atoms with Crippen LogP contribution in [0.25, 0.3) is 0 Å². The number of nitrogens with zero attached hydrogens (tertiary/aromatic N) is 2. The van der Waals surface area contributed by atoms with Gasteiger partial charge in [-0.05, 0) is 31.0 Å². The number of rotatable bonds is 2. The van der Waals surface area contributed by atoms with Crippen LogP contribution in [0.5, 0.6) is 0 Å². The summed E-state index contributed by atoms with van der Waals surface area (Å²) in [5.41, 5.74) is 0. The van der Waals surface area contributed by atoms with Gasteiger partial charge in [0.05, 0.1) is 0 Å². The lowest BCUT2D eigenvalue weighted by Crippen LogP contribution is -2.29. The van der Waals surface area contributed by atoms with Gasteiger partial charge in [-0.15, -0.1) is 0 Å². The lowest BCUT2D eigenvalue weighted by Gasteiger charge is -2.19. The monoisotopic (exact) mass is 237 g/mol. The lowest BCUT2D eigenvalue weighted by molar-refractivity contribution is 0.0550. The van der Waals surface area contributed by atoms with Crippen molar-refractivity contribution in [2.45, 2.75) is 24.1 Å². The number of halogens is 3. The van der Waals surface area contributed by atoms with Crippen molar-refractivity contribution in [2.24, 2.45) is 0 Å². The minimum atomic E-state index is -3.58. The molecule has 1 fully saturated rings. The molecule has 4 nitrogen and oxygen atoms in total. The minimum absolute atomic E-state index is 0.0373. The lowest BCUT2D eigenvalue weighted by atomic mass is 9.99. The van der Waals surface area contributed by atoms with Gasteiger partial charge >= 0.3 is 11.3 Å². The molecule has 0 aromatic carbocycles. The molecule has 1 aliphatic heterocycles. The van der Waals surface area contributed by atoms with Crippen LogP contribution in [0, 0.1) is 0 Å². The first kappa shape index (κ1) is 10.8. The second-order valence-corrected chi connectivity index (χ2v) is 3.97. The van der Waals surface area contributed by atoms with Gasteiger partial charge in [-0.3, -0.25) is 0 Å². The van der Waals surface area contributed by atoms with E-state index in [9.17, 15) is 8.78 Å². The quantitative estimate of drug-likeness (QED) is 0.798. The van der Waals surface area contributed by atoms with E-state index in [1.807, 2.05) is 0 Å². The predicted octanol–water partition coefficient (Wildman–Crippen LogP) is 1.82. The summed E-state index contributed by atoms with van der Waals surface area (Å²) in [5.74, 6) is -0.488. The maximum absolute atomic E-state index is 12.6. The van der Waals surface area contributed by atoms with Gasteiger partial charge in [0.1, 0.15) is 0 Å². The molecule has 1 aromatic rings. The topological polar surface area (TPSA) is 51.0 Å². The molecule has 1 unspecified atom stereocenters. The summed E-state index contributed by atoms with van der Waals surface area (Å²) < 4.78 is 29.6. The molecule has 1 aromatic heterocycles. The van der Waals surface area contributed by atoms with Gasteiger partial charge in [0.2, 0.25) is 0 Å². The van der Waals surface area contributed by atoms with Crippen molar-refractivity contribution in [1.29, 1.82) is 0 Å². The number of alkyl halides is 3. The molecule has 7 heteroatoms. The molecule has 0 spiro atoms. The molecule has 2 rings (SSSR count). The maximum atomic E-state index is 12.6. The fraction of sp³-hybridized carbons (Fsp3) is 0.750. The van der Waals surface area contributed by atoms with E-state index in [2.05, 4.69) is 20.0 Å². The van der Waals surface area contributed by atoms with E-state index in [1.165, 1.54) is 0 Å². The van der Waals surface area contributed by atoms with Crippen LogP contribution in [0.2, 0.25) is 0 Å². The molecule has 15 heavy (non-hydrogen) atoms. The van der Waals surface area contributed by atoms with Crippen LogP contribution in [0.4, 0.5) is 8.78 Å². The standard InChI is InChI=1S/C8H10ClF2N3O/c9-8(10,11)7-13-6(14-15-7)5-2-1-3-12-4-5/h5,12H,1-4H2. The van der Waals surface area contributed by atoms with Crippen LogP contribution >= 0.6 is 11.6 Å². The number of piperidine rings is 1. The number of hydrogen-bond acceptors (Lipinski definition) is 4. The average Bonchev–Trinajstić information content (AvgIpc) is 2.67. The minimum Gasteiger partial charge on any atom is -0.331 e. The molecular formula is C8H10ClF2N3O. The smallest absolute Gasteiger partial charge is 0.331 e. The van der Waals surface area contributed by atoms with Crippen molar-refractivity contribution in [3.63, 3.8) is 0 Å². The van der Waals surface area contributed by atoms with E-state index < -0.39 is 11.3 Å². The molecule has 2 heterocycles. The van der Waals surface area contributed by atoms with E-state index in [0.29, 0.717) is 12.4 Å². The normalized spacial score (nSPS) is 23.0. The van der Waals surface area contributed by atoms with Crippen molar-refractivity contribution in [2.75, 3.05) is 13.1 Å². The SMILES string of the molecule is FC(F)(Cl)c1nc(C2CCCNC2)no1. The Morgan fingerprint density at radius 2 is 2.33 bits per heavy atom. The summed E-state index contributed by atoms with van der Waals surface area (Å²) in [4.78, 5) is 3.61. The highest BCUT2D eigenvalue weighted by Crippen LogP contribution is 2.32. The Labute approximate surface area is 90.0 Å². The van der Waals surface area contributed by atoms with Crippen LogP contribution in [0.3, 0.4) is 0 Å². The average molecular weight is 238 g/mol. The van der Waals surface area contributed by atoms with E-state index in [1.54, 1.807) is 0 Å². The summed E-state index contributed by atoms with van der Waals surface area (Å²) in [6, 6.07) is 0. The van der Waals surface area contributed by atoms with Crippen LogP contribution in [-0.4, -0.2) is 23.2 Å². The highest BCUT2D eigenvalue weighted by Gasteiger charge is 2.36. The number of aromatic nitrogens is 2. The fourth-order valence-corrected chi connectivity index (χ4v) is 1.66. The zero-order valence-corrected chi connectivity index (χ0v) is 8.60. The van der Waals surface area contributed by atoms with Crippen LogP contribution in [-0.2, 0) is 5.38 Å². The van der Waals surface area contributed by atoms with Crippen LogP contribution in [0.15, 0.2) is 4.52 Å². The number of nitrogens with one attached hydrogen (secondary N) is 1. The Balaban J connectivity index is 2.12. The van der Waals surface area contributed by atoms with Crippen LogP contribution in [0.1, 0.15) is 30.5 Å². The Morgan fingerprint density at radius 3 is 2.87 bits per heavy atom. The van der Waals surface area contributed by atoms with Crippen LogP contribution < -0.4 is 5.32 Å². The van der Waals surface area contributed by atoms with E-state index >= 15 is 0 Å². The van der Waals surface area contributed by atoms with Gasteiger partial charge in [0, 0.05) is 12.5 Å². The molecule has 0 aliphatic carbocycles. The molecular weight excluding hydrogens is 228 g/mol. The van der Waals surface area contributed by atoms with Crippen molar-refractivity contribution < 1.29 is 13.3 Å². The van der Waals surface area contributed by atoms with Gasteiger partial charge in [-0.1, -0.05) is 5.16 Å². The summed E-state index contributed by atoms with van der Waals surface area (Å²) in [6.45, 7) is 1.62. The van der Waals surface area contributed by atoms with Gasteiger partial charge in [-0.2, -0.15) is 13.8 Å². The Hall–Kier alpha value is -0.750. The summed E-state index contributed by atoms with van der Waals surface area (Å²) in [5, 5.41) is 3.08. The molecule has 1 aliphatic rings. The van der Waals surface area contributed by atoms with Crippen molar-refractivity contribution in [3.8, 4) is 0 Å². The highest BCUT2D eigenvalue weighted by molar-refractivity contribution is 6.21. The third-order valence-electron chi connectivity index (χ3n) is 2.35. The molecule has 1 N–H and O–H groups in total. The van der Waals surface area contributed by atoms with E-state index in [4.69, 9.17) is 11.6 Å². The summed E-state index contributed by atoms with van der Waals surface area (Å²) in [7, 11) is 0. The van der Waals surface area contributed by atoms with Gasteiger partial charge in [0.15, 0.2) is 5.82 Å². The second-order valence-electron chi connectivity index (χ2n) is 3.50. The second kappa shape index (κ2) is 4.02. The molecule has 1 atom stereocenters. The molecule has 1 saturated heterocycles. The molecule has 0 saturated carbocycles. The molecule has 84 valence electrons. The van der Waals surface area contributed by atoms with Crippen molar-refractivity contribution >= 4 is 11.6 Å². The Kier molecular flexibility index (Phi) is 2.88. The fourth-order valence-electron chi connectivity index (χ4n) is 1.59. The van der Waals surface area contributed by atoms with Gasteiger partial charge < -0.3 is 9.84 Å². The predicted molar refractivity (Wildman–Crippen MR) is 48.9 cm³/mol. The van der Waals surface area contributed by atoms with Gasteiger partial charge in [-0.25, -0.2) is 0 Å². The first-order valence-electron chi connectivity index (χ1n) is 4.69. The van der Waals surface area contributed by atoms with Crippen molar-refractivity contribution in [3.05, 3.63) is 11.7 Å². The summed E-state index contributed by atoms with van der Waals surface area (Å²) >= 11 is 4.77. The van der Waals surface area contributed by atoms with E-state index in [0.717, 1.165) is 19.4 Å². The van der Waals surface area contributed by atoms with E-state index in [-0.39, 0.29) is 5.92 Å². The third kappa shape index (κ3) is 2.43. The third-order valence-corrected chi connectivity index (χ3v) is 2.51. The Bertz CT molecular complexity index is 333. The first-order chi connectivity index (χ1) is 7.07. The molecule has 0 radical (unpaired) electrons. The largest absolute Gasteiger partial charge is 0.400 e. The highest BCUT2D eigenvalue weighted by atomic mass is 35.5. The molecule has 0 bridgehead atoms. The molecule has 0 amide bonds. The zero-order valence-electron chi connectivity index (χ0n) is 7.84. The maximum Gasteiger partial charge on any atom is 0.400 e. The first-order valence-corrected chi connectivity index (χ1v) is 5.06. The summed E-state index contributed by atoms with van der Waals surface area (Å²) in [6.07, 6.45) is 1.85. The van der Waals surface area contributed by atoms with Gasteiger partial charge in [0.25, 0.3) is 0 Å². The Morgan fingerprint density at radius 1 is 1.53 bits per heavy atom. The van der Waals surface area contributed by atoms with Crippen molar-refractivity contribution in [1.82, 2.24) is 15.5 Å².